The van der Waals surface area contributed by atoms with Crippen LogP contribution in [0, 0.1) is 0 Å². The number of nitrogens with one attached hydrogen (secondary N) is 1. The lowest BCUT2D eigenvalue weighted by Crippen LogP contribution is -2.48. The lowest BCUT2D eigenvalue weighted by Gasteiger charge is -2.34. The summed E-state index contributed by atoms with van der Waals surface area (Å²) in [7, 11) is 0. The summed E-state index contributed by atoms with van der Waals surface area (Å²) in [5.74, 6) is 0.0238. The maximum atomic E-state index is 12.2. The lowest BCUT2D eigenvalue weighted by atomic mass is 9.99. The Morgan fingerprint density at radius 2 is 2.10 bits per heavy atom. The molecule has 1 fully saturated rings. The van der Waals surface area contributed by atoms with Crippen molar-refractivity contribution in [3.63, 3.8) is 0 Å². The highest BCUT2D eigenvalue weighted by Crippen LogP contribution is 2.20. The minimum Gasteiger partial charge on any atom is -0.348 e. The molecule has 1 heterocycles. The molecule has 0 aliphatic carbocycles. The molecule has 2 atom stereocenters. The standard InChI is InChI=1S/C17H24N2O2/c1-3-15-10-7-11-17(21)19(15)12-16(20)18-13(2)14-8-5-4-6-9-14/h4-6,8-9,13,15H,3,7,10-12H2,1-2H3,(H,18,20)/t13-,15?/m0/s1. The Hall–Kier alpha value is -1.84. The fraction of sp³-hybridized carbons (Fsp3) is 0.529. The predicted octanol–water partition coefficient (Wildman–Crippen LogP) is 2.65. The van der Waals surface area contributed by atoms with Crippen molar-refractivity contribution in [3.8, 4) is 0 Å². The van der Waals surface area contributed by atoms with E-state index in [2.05, 4.69) is 12.2 Å². The number of likely N-dealkylation sites (tertiary alicyclic amines) is 1. The lowest BCUT2D eigenvalue weighted by molar-refractivity contribution is -0.141. The third-order valence-electron chi connectivity index (χ3n) is 4.15. The quantitative estimate of drug-likeness (QED) is 0.905. The highest BCUT2D eigenvalue weighted by Gasteiger charge is 2.28. The second-order valence-electron chi connectivity index (χ2n) is 5.68. The molecule has 1 aliphatic rings. The van der Waals surface area contributed by atoms with E-state index in [-0.39, 0.29) is 30.4 Å². The molecule has 1 aliphatic heterocycles. The van der Waals surface area contributed by atoms with Gasteiger partial charge in [-0.3, -0.25) is 9.59 Å². The van der Waals surface area contributed by atoms with Crippen LogP contribution in [0.4, 0.5) is 0 Å². The average molecular weight is 288 g/mol. The van der Waals surface area contributed by atoms with Gasteiger partial charge in [-0.05, 0) is 31.7 Å². The SMILES string of the molecule is CCC1CCCC(=O)N1CC(=O)N[C@@H](C)c1ccccc1. The molecular weight excluding hydrogens is 264 g/mol. The van der Waals surface area contributed by atoms with Crippen molar-refractivity contribution in [2.75, 3.05) is 6.54 Å². The molecule has 1 N–H and O–H groups in total. The molecule has 0 bridgehead atoms. The Morgan fingerprint density at radius 3 is 2.76 bits per heavy atom. The van der Waals surface area contributed by atoms with Crippen molar-refractivity contribution in [1.82, 2.24) is 10.2 Å². The summed E-state index contributed by atoms with van der Waals surface area (Å²) in [5.41, 5.74) is 1.07. The first-order chi connectivity index (χ1) is 10.1. The van der Waals surface area contributed by atoms with Gasteiger partial charge in [-0.25, -0.2) is 0 Å². The first-order valence-electron chi connectivity index (χ1n) is 7.75. The number of hydrogen-bond donors (Lipinski definition) is 1. The van der Waals surface area contributed by atoms with Gasteiger partial charge in [0.05, 0.1) is 12.6 Å². The van der Waals surface area contributed by atoms with E-state index in [1.165, 1.54) is 0 Å². The van der Waals surface area contributed by atoms with Gasteiger partial charge in [0.25, 0.3) is 0 Å². The number of carbonyl (C=O) groups excluding carboxylic acids is 2. The van der Waals surface area contributed by atoms with Crippen LogP contribution in [0.2, 0.25) is 0 Å². The van der Waals surface area contributed by atoms with Crippen LogP contribution in [-0.2, 0) is 9.59 Å². The van der Waals surface area contributed by atoms with Crippen molar-refractivity contribution < 1.29 is 9.59 Å². The zero-order valence-electron chi connectivity index (χ0n) is 12.8. The second-order valence-corrected chi connectivity index (χ2v) is 5.68. The highest BCUT2D eigenvalue weighted by atomic mass is 16.2. The smallest absolute Gasteiger partial charge is 0.240 e. The van der Waals surface area contributed by atoms with Crippen molar-refractivity contribution in [2.45, 2.75) is 51.6 Å². The first kappa shape index (κ1) is 15.5. The molecule has 114 valence electrons. The van der Waals surface area contributed by atoms with E-state index >= 15 is 0 Å². The fourth-order valence-electron chi connectivity index (χ4n) is 2.90. The van der Waals surface area contributed by atoms with Gasteiger partial charge in [-0.2, -0.15) is 0 Å². The third kappa shape index (κ3) is 4.06. The van der Waals surface area contributed by atoms with Crippen LogP contribution in [0.3, 0.4) is 0 Å². The number of nitrogens with zero attached hydrogens (tertiary/aromatic N) is 1. The number of hydrogen-bond acceptors (Lipinski definition) is 2. The Morgan fingerprint density at radius 1 is 1.38 bits per heavy atom. The van der Waals surface area contributed by atoms with Crippen molar-refractivity contribution in [3.05, 3.63) is 35.9 Å². The molecule has 1 saturated heterocycles. The zero-order valence-corrected chi connectivity index (χ0v) is 12.8. The number of benzene rings is 1. The van der Waals surface area contributed by atoms with Crippen LogP contribution < -0.4 is 5.32 Å². The number of carbonyl (C=O) groups is 2. The first-order valence-corrected chi connectivity index (χ1v) is 7.75. The van der Waals surface area contributed by atoms with Crippen molar-refractivity contribution in [1.29, 1.82) is 0 Å². The molecule has 0 spiro atoms. The molecule has 4 heteroatoms. The molecule has 0 saturated carbocycles. The second kappa shape index (κ2) is 7.25. The molecule has 0 aromatic heterocycles. The van der Waals surface area contributed by atoms with E-state index in [4.69, 9.17) is 0 Å². The minimum atomic E-state index is -0.0833. The minimum absolute atomic E-state index is 0.0429. The summed E-state index contributed by atoms with van der Waals surface area (Å²) in [6.45, 7) is 4.21. The summed E-state index contributed by atoms with van der Waals surface area (Å²) in [4.78, 5) is 25.9. The number of piperidine rings is 1. The Labute approximate surface area is 126 Å². The van der Waals surface area contributed by atoms with Crippen LogP contribution >= 0.6 is 0 Å². The van der Waals surface area contributed by atoms with Gasteiger partial charge < -0.3 is 10.2 Å². The van der Waals surface area contributed by atoms with Gasteiger partial charge in [-0.1, -0.05) is 37.3 Å². The van der Waals surface area contributed by atoms with Crippen LogP contribution in [0.5, 0.6) is 0 Å². The van der Waals surface area contributed by atoms with Crippen molar-refractivity contribution >= 4 is 11.8 Å². The van der Waals surface area contributed by atoms with Crippen LogP contribution in [0.15, 0.2) is 30.3 Å². The number of amides is 2. The summed E-state index contributed by atoms with van der Waals surface area (Å²) in [6.07, 6.45) is 3.42. The monoisotopic (exact) mass is 288 g/mol. The molecule has 0 radical (unpaired) electrons. The molecule has 2 rings (SSSR count). The molecular formula is C17H24N2O2. The summed E-state index contributed by atoms with van der Waals surface area (Å²) in [5, 5.41) is 2.98. The topological polar surface area (TPSA) is 49.4 Å². The van der Waals surface area contributed by atoms with Gasteiger partial charge >= 0.3 is 0 Å². The molecule has 1 aromatic rings. The highest BCUT2D eigenvalue weighted by molar-refractivity contribution is 5.85. The third-order valence-corrected chi connectivity index (χ3v) is 4.15. The van der Waals surface area contributed by atoms with E-state index in [9.17, 15) is 9.59 Å². The van der Waals surface area contributed by atoms with E-state index in [0.29, 0.717) is 6.42 Å². The molecule has 2 amide bonds. The average Bonchev–Trinajstić information content (AvgIpc) is 2.50. The van der Waals surface area contributed by atoms with E-state index < -0.39 is 0 Å². The van der Waals surface area contributed by atoms with E-state index in [1.54, 1.807) is 4.90 Å². The normalized spacial score (nSPS) is 20.2. The predicted molar refractivity (Wildman–Crippen MR) is 82.6 cm³/mol. The van der Waals surface area contributed by atoms with Gasteiger partial charge in [0.2, 0.25) is 11.8 Å². The zero-order chi connectivity index (χ0) is 15.2. The van der Waals surface area contributed by atoms with E-state index in [0.717, 1.165) is 24.8 Å². The Kier molecular flexibility index (Phi) is 5.37. The van der Waals surface area contributed by atoms with Crippen LogP contribution in [-0.4, -0.2) is 29.3 Å². The molecule has 1 unspecified atom stereocenters. The van der Waals surface area contributed by atoms with Gasteiger partial charge in [-0.15, -0.1) is 0 Å². The van der Waals surface area contributed by atoms with Crippen molar-refractivity contribution in [2.24, 2.45) is 0 Å². The number of rotatable bonds is 5. The van der Waals surface area contributed by atoms with Gasteiger partial charge in [0, 0.05) is 12.5 Å². The molecule has 21 heavy (non-hydrogen) atoms. The fourth-order valence-corrected chi connectivity index (χ4v) is 2.90. The summed E-state index contributed by atoms with van der Waals surface area (Å²) >= 11 is 0. The van der Waals surface area contributed by atoms with Gasteiger partial charge in [0.1, 0.15) is 0 Å². The molecule has 1 aromatic carbocycles. The van der Waals surface area contributed by atoms with Gasteiger partial charge in [0.15, 0.2) is 0 Å². The maximum Gasteiger partial charge on any atom is 0.240 e. The summed E-state index contributed by atoms with van der Waals surface area (Å²) < 4.78 is 0. The van der Waals surface area contributed by atoms with Crippen LogP contribution in [0.1, 0.15) is 51.1 Å². The Balaban J connectivity index is 1.93. The Bertz CT molecular complexity index is 487. The van der Waals surface area contributed by atoms with E-state index in [1.807, 2.05) is 37.3 Å². The summed E-state index contributed by atoms with van der Waals surface area (Å²) in [6, 6.07) is 10.0. The largest absolute Gasteiger partial charge is 0.348 e. The van der Waals surface area contributed by atoms with Crippen LogP contribution in [0.25, 0.3) is 0 Å². The molecule has 4 nitrogen and oxygen atoms in total. The maximum absolute atomic E-state index is 12.2.